The number of halogens is 1. The van der Waals surface area contributed by atoms with Crippen LogP contribution in [0.5, 0.6) is 0 Å². The molecule has 25 heavy (non-hydrogen) atoms. The van der Waals surface area contributed by atoms with Gasteiger partial charge in [-0.1, -0.05) is 22.9 Å². The van der Waals surface area contributed by atoms with E-state index in [0.717, 1.165) is 4.47 Å². The molecule has 2 amide bonds. The third kappa shape index (κ3) is 5.04. The maximum atomic E-state index is 12.4. The van der Waals surface area contributed by atoms with Crippen LogP contribution in [0.15, 0.2) is 22.7 Å². The number of rotatable bonds is 4. The highest BCUT2D eigenvalue weighted by Gasteiger charge is 2.38. The van der Waals surface area contributed by atoms with Gasteiger partial charge in [-0.15, -0.1) is 0 Å². The number of nitrogens with one attached hydrogen (secondary N) is 1. The van der Waals surface area contributed by atoms with Crippen molar-refractivity contribution in [1.29, 1.82) is 0 Å². The van der Waals surface area contributed by atoms with E-state index in [4.69, 9.17) is 4.74 Å². The summed E-state index contributed by atoms with van der Waals surface area (Å²) in [5.41, 5.74) is 0.417. The van der Waals surface area contributed by atoms with E-state index in [1.165, 1.54) is 4.90 Å². The number of amides is 2. The van der Waals surface area contributed by atoms with Gasteiger partial charge in [0.05, 0.1) is 11.6 Å². The van der Waals surface area contributed by atoms with Crippen LogP contribution in [0.3, 0.4) is 0 Å². The zero-order chi connectivity index (χ0) is 18.8. The first-order valence-corrected chi connectivity index (χ1v) is 9.01. The second-order valence-corrected chi connectivity index (χ2v) is 7.95. The lowest BCUT2D eigenvalue weighted by Gasteiger charge is -2.38. The Bertz CT molecular complexity index is 691. The minimum atomic E-state index is -0.559. The molecule has 0 spiro atoms. The molecule has 1 aliphatic rings. The van der Waals surface area contributed by atoms with E-state index in [-0.39, 0.29) is 17.6 Å². The number of hydrogen-bond acceptors (Lipinski definition) is 4. The van der Waals surface area contributed by atoms with E-state index in [0.29, 0.717) is 30.8 Å². The van der Waals surface area contributed by atoms with Gasteiger partial charge in [0, 0.05) is 29.5 Å². The molecule has 2 rings (SSSR count). The molecule has 136 valence electrons. The van der Waals surface area contributed by atoms with E-state index in [9.17, 15) is 14.4 Å². The van der Waals surface area contributed by atoms with Gasteiger partial charge in [0.2, 0.25) is 5.91 Å². The van der Waals surface area contributed by atoms with Gasteiger partial charge in [-0.05, 0) is 39.0 Å². The summed E-state index contributed by atoms with van der Waals surface area (Å²) in [7, 11) is 0. The normalized spacial score (nSPS) is 14.7. The molecule has 7 heteroatoms. The molecule has 1 aliphatic heterocycles. The zero-order valence-electron chi connectivity index (χ0n) is 14.9. The molecule has 0 unspecified atom stereocenters. The van der Waals surface area contributed by atoms with Crippen molar-refractivity contribution in [2.75, 3.05) is 18.4 Å². The van der Waals surface area contributed by atoms with E-state index in [1.54, 1.807) is 45.9 Å². The predicted octanol–water partition coefficient (Wildman–Crippen LogP) is 3.85. The highest BCUT2D eigenvalue weighted by atomic mass is 79.9. The number of nitrogens with zero attached hydrogens (tertiary/aromatic N) is 1. The Morgan fingerprint density at radius 2 is 1.92 bits per heavy atom. The highest BCUT2D eigenvalue weighted by Crippen LogP contribution is 2.25. The third-order valence-corrected chi connectivity index (χ3v) is 4.26. The molecule has 0 radical (unpaired) electrons. The van der Waals surface area contributed by atoms with E-state index < -0.39 is 11.7 Å². The first kappa shape index (κ1) is 19.4. The molecule has 1 saturated heterocycles. The molecule has 0 bridgehead atoms. The Labute approximate surface area is 156 Å². The van der Waals surface area contributed by atoms with Crippen LogP contribution in [0.25, 0.3) is 0 Å². The number of Topliss-reactive ketones (excluding diaryl/α,β-unsaturated/α-hetero) is 1. The predicted molar refractivity (Wildman–Crippen MR) is 98.7 cm³/mol. The Kier molecular flexibility index (Phi) is 5.87. The zero-order valence-corrected chi connectivity index (χ0v) is 16.5. The van der Waals surface area contributed by atoms with Crippen molar-refractivity contribution < 1.29 is 19.1 Å². The monoisotopic (exact) mass is 410 g/mol. The number of benzene rings is 1. The van der Waals surface area contributed by atoms with Gasteiger partial charge >= 0.3 is 6.09 Å². The highest BCUT2D eigenvalue weighted by molar-refractivity contribution is 9.10. The van der Waals surface area contributed by atoms with Crippen LogP contribution in [0.1, 0.15) is 44.5 Å². The Morgan fingerprint density at radius 1 is 1.28 bits per heavy atom. The fourth-order valence-corrected chi connectivity index (χ4v) is 2.77. The van der Waals surface area contributed by atoms with Crippen molar-refractivity contribution in [3.63, 3.8) is 0 Å². The number of anilines is 1. The number of ether oxygens (including phenoxy) is 1. The summed E-state index contributed by atoms with van der Waals surface area (Å²) in [4.78, 5) is 37.8. The number of ketones is 1. The Balaban J connectivity index is 1.98. The average molecular weight is 411 g/mol. The van der Waals surface area contributed by atoms with Crippen LogP contribution >= 0.6 is 15.9 Å². The van der Waals surface area contributed by atoms with Gasteiger partial charge in [-0.3, -0.25) is 9.59 Å². The topological polar surface area (TPSA) is 75.7 Å². The van der Waals surface area contributed by atoms with Crippen LogP contribution in [0, 0.1) is 5.92 Å². The van der Waals surface area contributed by atoms with Crippen molar-refractivity contribution in [3.05, 3.63) is 28.2 Å². The van der Waals surface area contributed by atoms with Crippen molar-refractivity contribution in [1.82, 2.24) is 4.90 Å². The first-order valence-electron chi connectivity index (χ1n) is 8.22. The third-order valence-electron chi connectivity index (χ3n) is 3.77. The molecule has 1 aromatic rings. The lowest BCUT2D eigenvalue weighted by atomic mass is 9.99. The number of carbonyl (C=O) groups is 3. The minimum absolute atomic E-state index is 0.0354. The van der Waals surface area contributed by atoms with Gasteiger partial charge in [0.15, 0.2) is 5.78 Å². The lowest BCUT2D eigenvalue weighted by molar-refractivity contribution is -0.124. The van der Waals surface area contributed by atoms with Crippen molar-refractivity contribution in [3.8, 4) is 0 Å². The summed E-state index contributed by atoms with van der Waals surface area (Å²) in [5.74, 6) is -0.550. The van der Waals surface area contributed by atoms with Crippen LogP contribution < -0.4 is 5.32 Å². The summed E-state index contributed by atoms with van der Waals surface area (Å²) >= 11 is 3.35. The fraction of sp³-hybridized carbons (Fsp3) is 0.500. The molecular formula is C18H23BrN2O4. The number of likely N-dealkylation sites (tertiary alicyclic amines) is 1. The fourth-order valence-electron chi connectivity index (χ4n) is 2.41. The SMILES string of the molecule is CCC(=O)c1ccc(Br)cc1NC(=O)C1CN(C(=O)OC(C)(C)C)C1. The van der Waals surface area contributed by atoms with Gasteiger partial charge in [-0.2, -0.15) is 0 Å². The molecule has 0 aliphatic carbocycles. The van der Waals surface area contributed by atoms with Gasteiger partial charge in [0.1, 0.15) is 5.60 Å². The smallest absolute Gasteiger partial charge is 0.410 e. The standard InChI is InChI=1S/C18H23BrN2O4/c1-5-15(22)13-7-6-12(19)8-14(13)20-16(23)11-9-21(10-11)17(24)25-18(2,3)4/h6-8,11H,5,9-10H2,1-4H3,(H,20,23). The number of carbonyl (C=O) groups excluding carboxylic acids is 3. The molecule has 0 aromatic heterocycles. The average Bonchev–Trinajstić information content (AvgIpc) is 2.43. The quantitative estimate of drug-likeness (QED) is 0.764. The second kappa shape index (κ2) is 7.56. The molecular weight excluding hydrogens is 388 g/mol. The second-order valence-electron chi connectivity index (χ2n) is 7.04. The molecule has 6 nitrogen and oxygen atoms in total. The Morgan fingerprint density at radius 3 is 2.48 bits per heavy atom. The van der Waals surface area contributed by atoms with Gasteiger partial charge in [0.25, 0.3) is 0 Å². The summed E-state index contributed by atoms with van der Waals surface area (Å²) in [6.45, 7) is 7.80. The van der Waals surface area contributed by atoms with Crippen LogP contribution in [0.2, 0.25) is 0 Å². The molecule has 1 fully saturated rings. The summed E-state index contributed by atoms with van der Waals surface area (Å²) in [6, 6.07) is 5.18. The minimum Gasteiger partial charge on any atom is -0.444 e. The lowest BCUT2D eigenvalue weighted by Crippen LogP contribution is -2.55. The summed E-state index contributed by atoms with van der Waals surface area (Å²) in [5, 5.41) is 2.81. The molecule has 1 heterocycles. The van der Waals surface area contributed by atoms with Crippen LogP contribution in [-0.4, -0.2) is 41.4 Å². The maximum absolute atomic E-state index is 12.4. The summed E-state index contributed by atoms with van der Waals surface area (Å²) in [6.07, 6.45) is -0.0544. The largest absolute Gasteiger partial charge is 0.444 e. The first-order chi connectivity index (χ1) is 11.6. The molecule has 0 atom stereocenters. The summed E-state index contributed by atoms with van der Waals surface area (Å²) < 4.78 is 6.05. The van der Waals surface area contributed by atoms with Crippen molar-refractivity contribution in [2.45, 2.75) is 39.7 Å². The molecule has 1 N–H and O–H groups in total. The van der Waals surface area contributed by atoms with E-state index in [1.807, 2.05) is 0 Å². The maximum Gasteiger partial charge on any atom is 0.410 e. The number of hydrogen-bond donors (Lipinski definition) is 1. The Hall–Kier alpha value is -1.89. The van der Waals surface area contributed by atoms with Gasteiger partial charge in [-0.25, -0.2) is 4.79 Å². The molecule has 0 saturated carbocycles. The van der Waals surface area contributed by atoms with Crippen molar-refractivity contribution >= 4 is 39.4 Å². The van der Waals surface area contributed by atoms with E-state index in [2.05, 4.69) is 21.2 Å². The van der Waals surface area contributed by atoms with Crippen LogP contribution in [0.4, 0.5) is 10.5 Å². The van der Waals surface area contributed by atoms with Crippen LogP contribution in [-0.2, 0) is 9.53 Å². The van der Waals surface area contributed by atoms with Crippen molar-refractivity contribution in [2.24, 2.45) is 5.92 Å². The molecule has 1 aromatic carbocycles. The van der Waals surface area contributed by atoms with Gasteiger partial charge < -0.3 is 15.0 Å². The van der Waals surface area contributed by atoms with E-state index >= 15 is 0 Å².